The lowest BCUT2D eigenvalue weighted by Crippen LogP contribution is -2.09. The zero-order valence-electron chi connectivity index (χ0n) is 9.89. The van der Waals surface area contributed by atoms with Gasteiger partial charge < -0.3 is 4.74 Å². The largest absolute Gasteiger partial charge is 0.420 e. The molecule has 0 aromatic heterocycles. The Kier molecular flexibility index (Phi) is 5.53. The Morgan fingerprint density at radius 3 is 1.62 bits per heavy atom. The molecule has 0 N–H and O–H groups in total. The molecule has 0 fully saturated rings. The van der Waals surface area contributed by atoms with Crippen molar-refractivity contribution in [1.82, 2.24) is 0 Å². The van der Waals surface area contributed by atoms with Crippen molar-refractivity contribution in [1.29, 1.82) is 0 Å². The first kappa shape index (κ1) is 17.0. The van der Waals surface area contributed by atoms with Crippen LogP contribution in [0.4, 0.5) is 0 Å². The first-order chi connectivity index (χ1) is 9.82. The zero-order chi connectivity index (χ0) is 15.7. The van der Waals surface area contributed by atoms with E-state index in [4.69, 9.17) is 74.3 Å². The lowest BCUT2D eigenvalue weighted by Gasteiger charge is -2.12. The van der Waals surface area contributed by atoms with Gasteiger partial charge in [-0.25, -0.2) is 4.79 Å². The van der Waals surface area contributed by atoms with Gasteiger partial charge >= 0.3 is 5.97 Å². The maximum atomic E-state index is 12.0. The van der Waals surface area contributed by atoms with Crippen LogP contribution in [0.2, 0.25) is 30.1 Å². The second-order valence-corrected chi connectivity index (χ2v) is 6.12. The molecule has 0 spiro atoms. The number of esters is 1. The summed E-state index contributed by atoms with van der Waals surface area (Å²) in [5.41, 5.74) is 0.258. The molecule has 0 aliphatic rings. The van der Waals surface area contributed by atoms with E-state index < -0.39 is 5.97 Å². The Morgan fingerprint density at radius 2 is 1.14 bits per heavy atom. The summed E-state index contributed by atoms with van der Waals surface area (Å²) in [5, 5.41) is 0.176. The highest BCUT2D eigenvalue weighted by Gasteiger charge is 2.23. The van der Waals surface area contributed by atoms with Crippen LogP contribution < -0.4 is 4.74 Å². The van der Waals surface area contributed by atoms with Crippen LogP contribution in [0.3, 0.4) is 0 Å². The average Bonchev–Trinajstić information content (AvgIpc) is 2.48. The third-order valence-corrected chi connectivity index (χ3v) is 4.94. The highest BCUT2D eigenvalue weighted by Crippen LogP contribution is 2.48. The van der Waals surface area contributed by atoms with Gasteiger partial charge in [-0.05, 0) is 24.3 Å². The van der Waals surface area contributed by atoms with Crippen LogP contribution in [0.25, 0.3) is 0 Å². The van der Waals surface area contributed by atoms with Crippen molar-refractivity contribution in [3.8, 4) is 5.75 Å². The Hall–Kier alpha value is -0.350. The molecule has 0 unspecified atom stereocenters. The van der Waals surface area contributed by atoms with E-state index in [1.807, 2.05) is 0 Å². The normalized spacial score (nSPS) is 10.6. The van der Waals surface area contributed by atoms with Crippen molar-refractivity contribution < 1.29 is 9.53 Å². The topological polar surface area (TPSA) is 26.3 Å². The molecule has 0 amide bonds. The average molecular weight is 405 g/mol. The maximum Gasteiger partial charge on any atom is 0.343 e. The number of rotatable bonds is 2. The Morgan fingerprint density at radius 1 is 0.714 bits per heavy atom. The molecule has 8 heteroatoms. The van der Waals surface area contributed by atoms with Crippen LogP contribution in [-0.2, 0) is 0 Å². The lowest BCUT2D eigenvalue weighted by molar-refractivity contribution is 0.0735. The van der Waals surface area contributed by atoms with Crippen LogP contribution in [0, 0.1) is 0 Å². The first-order valence-corrected chi connectivity index (χ1v) is 7.59. The van der Waals surface area contributed by atoms with Crippen LogP contribution >= 0.6 is 69.6 Å². The summed E-state index contributed by atoms with van der Waals surface area (Å²) < 4.78 is 5.15. The van der Waals surface area contributed by atoms with Gasteiger partial charge in [-0.1, -0.05) is 69.6 Å². The quantitative estimate of drug-likeness (QED) is 0.237. The summed E-state index contributed by atoms with van der Waals surface area (Å²) >= 11 is 35.3. The highest BCUT2D eigenvalue weighted by molar-refractivity contribution is 6.55. The van der Waals surface area contributed by atoms with E-state index >= 15 is 0 Å². The number of hydrogen-bond donors (Lipinski definition) is 0. The summed E-state index contributed by atoms with van der Waals surface area (Å²) in [6.45, 7) is 0. The van der Waals surface area contributed by atoms with E-state index in [2.05, 4.69) is 0 Å². The second-order valence-electron chi connectivity index (χ2n) is 3.80. The number of benzene rings is 2. The molecular weight excluding hydrogens is 401 g/mol. The van der Waals surface area contributed by atoms with Gasteiger partial charge in [0.25, 0.3) is 0 Å². The number of carbonyl (C=O) groups excluding carboxylic acids is 1. The first-order valence-electron chi connectivity index (χ1n) is 5.32. The highest BCUT2D eigenvalue weighted by atomic mass is 35.5. The van der Waals surface area contributed by atoms with Gasteiger partial charge in [-0.15, -0.1) is 0 Å². The third-order valence-electron chi connectivity index (χ3n) is 2.44. The van der Waals surface area contributed by atoms with Crippen molar-refractivity contribution in [3.05, 3.63) is 60.0 Å². The van der Waals surface area contributed by atoms with Crippen LogP contribution in [0.5, 0.6) is 5.75 Å². The smallest absolute Gasteiger partial charge is 0.343 e. The second kappa shape index (κ2) is 6.82. The molecule has 2 rings (SSSR count). The minimum Gasteiger partial charge on any atom is -0.420 e. The van der Waals surface area contributed by atoms with E-state index in [1.165, 1.54) is 12.1 Å². The molecule has 2 nitrogen and oxygen atoms in total. The molecule has 0 bridgehead atoms. The van der Waals surface area contributed by atoms with Crippen LogP contribution in [0.15, 0.2) is 24.3 Å². The number of halogens is 6. The molecule has 0 saturated heterocycles. The number of hydrogen-bond acceptors (Lipinski definition) is 2. The van der Waals surface area contributed by atoms with Gasteiger partial charge in [-0.3, -0.25) is 0 Å². The SMILES string of the molecule is O=C(Oc1c(Cl)c(Cl)c(Cl)c(Cl)c1Cl)c1ccc(Cl)cc1. The number of carbonyl (C=O) groups is 1. The monoisotopic (exact) mass is 402 g/mol. The van der Waals surface area contributed by atoms with Crippen LogP contribution in [0.1, 0.15) is 10.4 Å². The molecule has 2 aromatic carbocycles. The Bertz CT molecular complexity index is 683. The predicted octanol–water partition coefficient (Wildman–Crippen LogP) is 6.83. The summed E-state index contributed by atoms with van der Waals surface area (Å²) in [6, 6.07) is 6.07. The van der Waals surface area contributed by atoms with E-state index in [-0.39, 0.29) is 36.4 Å². The molecule has 0 heterocycles. The summed E-state index contributed by atoms with van der Waals surface area (Å²) in [7, 11) is 0. The van der Waals surface area contributed by atoms with Gasteiger partial charge in [0.05, 0.1) is 20.6 Å². The minimum absolute atomic E-state index is 0.0142. The molecule has 0 aliphatic heterocycles. The van der Waals surface area contributed by atoms with Crippen molar-refractivity contribution in [2.75, 3.05) is 0 Å². The standard InChI is InChI=1S/C13H4Cl6O2/c14-6-3-1-5(2-4-6)13(20)21-12-10(18)8(16)7(15)9(17)11(12)19/h1-4H. The van der Waals surface area contributed by atoms with Crippen molar-refractivity contribution in [2.45, 2.75) is 0 Å². The minimum atomic E-state index is -0.690. The van der Waals surface area contributed by atoms with Crippen LogP contribution in [-0.4, -0.2) is 5.97 Å². The van der Waals surface area contributed by atoms with Crippen molar-refractivity contribution in [2.24, 2.45) is 0 Å². The molecule has 0 aliphatic carbocycles. The molecule has 2 aromatic rings. The van der Waals surface area contributed by atoms with Gasteiger partial charge in [-0.2, -0.15) is 0 Å². The van der Waals surface area contributed by atoms with E-state index in [1.54, 1.807) is 12.1 Å². The van der Waals surface area contributed by atoms with E-state index in [9.17, 15) is 4.79 Å². The fourth-order valence-corrected chi connectivity index (χ4v) is 2.74. The molecular formula is C13H4Cl6O2. The molecule has 110 valence electrons. The van der Waals surface area contributed by atoms with Crippen molar-refractivity contribution >= 4 is 75.6 Å². The van der Waals surface area contributed by atoms with Gasteiger partial charge in [0.2, 0.25) is 0 Å². The summed E-state index contributed by atoms with van der Waals surface area (Å²) in [5.74, 6) is -0.845. The molecule has 0 saturated carbocycles. The molecule has 0 atom stereocenters. The fraction of sp³-hybridized carbons (Fsp3) is 0. The molecule has 21 heavy (non-hydrogen) atoms. The predicted molar refractivity (Wildman–Crippen MR) is 87.9 cm³/mol. The van der Waals surface area contributed by atoms with E-state index in [0.29, 0.717) is 5.02 Å². The summed E-state index contributed by atoms with van der Waals surface area (Å²) in [4.78, 5) is 12.0. The number of ether oxygens (including phenoxy) is 1. The zero-order valence-corrected chi connectivity index (χ0v) is 14.4. The Balaban J connectivity index is 2.40. The summed E-state index contributed by atoms with van der Waals surface area (Å²) in [6.07, 6.45) is 0. The lowest BCUT2D eigenvalue weighted by atomic mass is 10.2. The van der Waals surface area contributed by atoms with E-state index in [0.717, 1.165) is 0 Å². The van der Waals surface area contributed by atoms with Gasteiger partial charge in [0, 0.05) is 5.02 Å². The van der Waals surface area contributed by atoms with Gasteiger partial charge in [0.15, 0.2) is 5.75 Å². The van der Waals surface area contributed by atoms with Crippen molar-refractivity contribution in [3.63, 3.8) is 0 Å². The maximum absolute atomic E-state index is 12.0. The third kappa shape index (κ3) is 3.53. The van der Waals surface area contributed by atoms with Gasteiger partial charge in [0.1, 0.15) is 10.0 Å². The fourth-order valence-electron chi connectivity index (χ4n) is 1.41. The Labute approximate surface area is 150 Å². The molecule has 0 radical (unpaired) electrons.